The molecular formula is C19H30N2O3. The fourth-order valence-corrected chi connectivity index (χ4v) is 2.36. The molecule has 5 heteroatoms. The van der Waals surface area contributed by atoms with Crippen LogP contribution < -0.4 is 4.74 Å². The molecule has 1 amide bonds. The zero-order chi connectivity index (χ0) is 17.9. The topological polar surface area (TPSA) is 49.9 Å². The zero-order valence-corrected chi connectivity index (χ0v) is 15.4. The van der Waals surface area contributed by atoms with E-state index in [1.54, 1.807) is 36.2 Å². The van der Waals surface area contributed by atoms with Crippen molar-refractivity contribution in [2.24, 2.45) is 0 Å². The molecule has 0 saturated carbocycles. The Kier molecular flexibility index (Phi) is 9.08. The average molecular weight is 334 g/mol. The van der Waals surface area contributed by atoms with Gasteiger partial charge in [-0.05, 0) is 64.7 Å². The third-order valence-electron chi connectivity index (χ3n) is 3.83. The molecule has 0 aliphatic rings. The van der Waals surface area contributed by atoms with Gasteiger partial charge in [0, 0.05) is 32.0 Å². The lowest BCUT2D eigenvalue weighted by Gasteiger charge is -2.17. The van der Waals surface area contributed by atoms with Gasteiger partial charge in [0.25, 0.3) is 0 Å². The van der Waals surface area contributed by atoms with E-state index in [-0.39, 0.29) is 24.5 Å². The van der Waals surface area contributed by atoms with Crippen LogP contribution in [0.4, 0.5) is 0 Å². The second-order valence-corrected chi connectivity index (χ2v) is 6.21. The molecule has 0 bridgehead atoms. The van der Waals surface area contributed by atoms with Crippen molar-refractivity contribution in [3.8, 4) is 5.75 Å². The van der Waals surface area contributed by atoms with Gasteiger partial charge >= 0.3 is 0 Å². The summed E-state index contributed by atoms with van der Waals surface area (Å²) in [5.74, 6) is 0.772. The summed E-state index contributed by atoms with van der Waals surface area (Å²) in [5.41, 5.74) is 0.625. The molecule has 134 valence electrons. The largest absolute Gasteiger partial charge is 0.494 e. The van der Waals surface area contributed by atoms with Gasteiger partial charge in [0.05, 0.1) is 6.61 Å². The van der Waals surface area contributed by atoms with Crippen LogP contribution in [0.2, 0.25) is 0 Å². The lowest BCUT2D eigenvalue weighted by atomic mass is 10.1. The predicted molar refractivity (Wildman–Crippen MR) is 96.6 cm³/mol. The molecule has 0 fully saturated rings. The van der Waals surface area contributed by atoms with E-state index < -0.39 is 0 Å². The molecule has 0 aliphatic heterocycles. The van der Waals surface area contributed by atoms with Gasteiger partial charge < -0.3 is 14.5 Å². The molecule has 0 unspecified atom stereocenters. The molecule has 0 aromatic heterocycles. The molecule has 1 rings (SSSR count). The molecule has 1 aromatic rings. The maximum Gasteiger partial charge on any atom is 0.222 e. The number of rotatable bonds is 11. The molecule has 0 N–H and O–H groups in total. The van der Waals surface area contributed by atoms with E-state index >= 15 is 0 Å². The predicted octanol–water partition coefficient (Wildman–Crippen LogP) is 2.85. The summed E-state index contributed by atoms with van der Waals surface area (Å²) in [6.07, 6.45) is 2.55. The Morgan fingerprint density at radius 3 is 2.17 bits per heavy atom. The number of carbonyl (C=O) groups is 2. The normalized spacial score (nSPS) is 10.7. The van der Waals surface area contributed by atoms with Gasteiger partial charge in [-0.2, -0.15) is 0 Å². The van der Waals surface area contributed by atoms with Gasteiger partial charge in [0.2, 0.25) is 5.91 Å². The maximum atomic E-state index is 12.2. The van der Waals surface area contributed by atoms with Crippen molar-refractivity contribution in [3.05, 3.63) is 29.8 Å². The highest BCUT2D eigenvalue weighted by Gasteiger charge is 2.12. The number of hydrogen-bond acceptors (Lipinski definition) is 4. The lowest BCUT2D eigenvalue weighted by Crippen LogP contribution is -2.28. The van der Waals surface area contributed by atoms with E-state index in [1.165, 1.54) is 0 Å². The molecule has 0 heterocycles. The van der Waals surface area contributed by atoms with Crippen molar-refractivity contribution in [1.29, 1.82) is 0 Å². The van der Waals surface area contributed by atoms with Gasteiger partial charge in [-0.15, -0.1) is 0 Å². The fraction of sp³-hybridized carbons (Fsp3) is 0.579. The van der Waals surface area contributed by atoms with E-state index in [1.807, 2.05) is 21.0 Å². The molecule has 0 atom stereocenters. The summed E-state index contributed by atoms with van der Waals surface area (Å²) in [6.45, 7) is 4.28. The fourth-order valence-electron chi connectivity index (χ4n) is 2.36. The van der Waals surface area contributed by atoms with Gasteiger partial charge in [0.15, 0.2) is 5.78 Å². The second-order valence-electron chi connectivity index (χ2n) is 6.21. The summed E-state index contributed by atoms with van der Waals surface area (Å²) < 4.78 is 5.36. The van der Waals surface area contributed by atoms with Crippen molar-refractivity contribution >= 4 is 11.7 Å². The van der Waals surface area contributed by atoms with Crippen LogP contribution in [0.15, 0.2) is 24.3 Å². The lowest BCUT2D eigenvalue weighted by molar-refractivity contribution is -0.129. The zero-order valence-electron chi connectivity index (χ0n) is 15.4. The summed E-state index contributed by atoms with van der Waals surface area (Å²) in [5, 5.41) is 0. The first-order valence-electron chi connectivity index (χ1n) is 8.58. The SMILES string of the molecule is CCOc1ccc(C(=O)CCC(=O)N(C)CCCCN(C)C)cc1. The standard InChI is InChI=1S/C19H30N2O3/c1-5-24-17-10-8-16(9-11-17)18(22)12-13-19(23)21(4)15-7-6-14-20(2)3/h8-11H,5-7,12-15H2,1-4H3. The maximum absolute atomic E-state index is 12.2. The minimum atomic E-state index is -0.00703. The summed E-state index contributed by atoms with van der Waals surface area (Å²) in [4.78, 5) is 28.1. The van der Waals surface area contributed by atoms with Crippen molar-refractivity contribution in [2.45, 2.75) is 32.6 Å². The molecule has 0 saturated heterocycles. The Hall–Kier alpha value is -1.88. The Morgan fingerprint density at radius 1 is 0.958 bits per heavy atom. The number of amides is 1. The molecule has 0 aliphatic carbocycles. The van der Waals surface area contributed by atoms with Gasteiger partial charge in [-0.3, -0.25) is 9.59 Å². The highest BCUT2D eigenvalue weighted by molar-refractivity contribution is 5.98. The van der Waals surface area contributed by atoms with Crippen molar-refractivity contribution in [2.75, 3.05) is 40.8 Å². The van der Waals surface area contributed by atoms with E-state index in [4.69, 9.17) is 4.74 Å². The quantitative estimate of drug-likeness (QED) is 0.461. The Balaban J connectivity index is 2.33. The van der Waals surface area contributed by atoms with E-state index in [9.17, 15) is 9.59 Å². The molecule has 0 radical (unpaired) electrons. The number of ether oxygens (including phenoxy) is 1. The minimum absolute atomic E-state index is 0.00703. The van der Waals surface area contributed by atoms with Crippen LogP contribution in [-0.4, -0.2) is 62.3 Å². The summed E-state index contributed by atoms with van der Waals surface area (Å²) in [6, 6.07) is 7.08. The molecule has 1 aromatic carbocycles. The van der Waals surface area contributed by atoms with E-state index in [0.29, 0.717) is 12.2 Å². The number of nitrogens with zero attached hydrogens (tertiary/aromatic N) is 2. The number of hydrogen-bond donors (Lipinski definition) is 0. The third kappa shape index (κ3) is 7.59. The Morgan fingerprint density at radius 2 is 1.58 bits per heavy atom. The molecule has 0 spiro atoms. The van der Waals surface area contributed by atoms with Crippen LogP contribution in [0.25, 0.3) is 0 Å². The van der Waals surface area contributed by atoms with Gasteiger partial charge in [0.1, 0.15) is 5.75 Å². The monoisotopic (exact) mass is 334 g/mol. The smallest absolute Gasteiger partial charge is 0.222 e. The summed E-state index contributed by atoms with van der Waals surface area (Å²) >= 11 is 0. The Labute approximate surface area is 145 Å². The summed E-state index contributed by atoms with van der Waals surface area (Å²) in [7, 11) is 5.89. The first kappa shape index (κ1) is 20.2. The highest BCUT2D eigenvalue weighted by atomic mass is 16.5. The van der Waals surface area contributed by atoms with Crippen molar-refractivity contribution in [1.82, 2.24) is 9.80 Å². The highest BCUT2D eigenvalue weighted by Crippen LogP contribution is 2.14. The number of carbonyl (C=O) groups excluding carboxylic acids is 2. The molecule has 24 heavy (non-hydrogen) atoms. The average Bonchev–Trinajstić information content (AvgIpc) is 2.56. The molecule has 5 nitrogen and oxygen atoms in total. The van der Waals surface area contributed by atoms with Crippen molar-refractivity contribution < 1.29 is 14.3 Å². The van der Waals surface area contributed by atoms with Crippen molar-refractivity contribution in [3.63, 3.8) is 0 Å². The first-order valence-corrected chi connectivity index (χ1v) is 8.58. The van der Waals surface area contributed by atoms with Crippen LogP contribution in [0.1, 0.15) is 43.0 Å². The third-order valence-corrected chi connectivity index (χ3v) is 3.83. The number of Topliss-reactive ketones (excluding diaryl/α,β-unsaturated/α-hetero) is 1. The van der Waals surface area contributed by atoms with Crippen LogP contribution in [0.3, 0.4) is 0 Å². The first-order chi connectivity index (χ1) is 11.4. The van der Waals surface area contributed by atoms with Gasteiger partial charge in [-0.25, -0.2) is 0 Å². The molecular weight excluding hydrogens is 304 g/mol. The number of unbranched alkanes of at least 4 members (excludes halogenated alkanes) is 1. The van der Waals surface area contributed by atoms with Crippen LogP contribution in [-0.2, 0) is 4.79 Å². The van der Waals surface area contributed by atoms with E-state index in [2.05, 4.69) is 4.90 Å². The number of ketones is 1. The minimum Gasteiger partial charge on any atom is -0.494 e. The van der Waals surface area contributed by atoms with Gasteiger partial charge in [-0.1, -0.05) is 0 Å². The van der Waals surface area contributed by atoms with E-state index in [0.717, 1.165) is 31.7 Å². The van der Waals surface area contributed by atoms with Crippen LogP contribution in [0.5, 0.6) is 5.75 Å². The van der Waals surface area contributed by atoms with Crippen LogP contribution >= 0.6 is 0 Å². The van der Waals surface area contributed by atoms with Crippen LogP contribution in [0, 0.1) is 0 Å². The Bertz CT molecular complexity index is 512. The second kappa shape index (κ2) is 10.8. The number of benzene rings is 1.